The van der Waals surface area contributed by atoms with E-state index in [1.807, 2.05) is 26.8 Å². The Morgan fingerprint density at radius 3 is 1.19 bits per heavy atom. The van der Waals surface area contributed by atoms with Gasteiger partial charge in [0.05, 0.1) is 0 Å². The molecular formula is C15H24O. The van der Waals surface area contributed by atoms with E-state index < -0.39 is 0 Å². The summed E-state index contributed by atoms with van der Waals surface area (Å²) in [6.45, 7) is 15.8. The molecule has 0 saturated heterocycles. The van der Waals surface area contributed by atoms with Gasteiger partial charge >= 0.3 is 0 Å². The second kappa shape index (κ2) is 23.2. The fourth-order valence-electron chi connectivity index (χ4n) is 0.428. The van der Waals surface area contributed by atoms with Crippen LogP contribution >= 0.6 is 0 Å². The Labute approximate surface area is 100 Å². The number of rotatable bonds is 0. The maximum atomic E-state index is 8.63. The Hall–Kier alpha value is -1.76. The number of phenols is 1. The summed E-state index contributed by atoms with van der Waals surface area (Å²) in [6.07, 6.45) is 5.25. The summed E-state index contributed by atoms with van der Waals surface area (Å²) in [5, 5.41) is 8.63. The second-order valence-electron chi connectivity index (χ2n) is 2.56. The predicted molar refractivity (Wildman–Crippen MR) is 75.7 cm³/mol. The molecule has 90 valence electrons. The van der Waals surface area contributed by atoms with Gasteiger partial charge in [0.15, 0.2) is 0 Å². The maximum Gasteiger partial charge on any atom is 0.115 e. The van der Waals surface area contributed by atoms with Crippen LogP contribution in [0.25, 0.3) is 0 Å². The van der Waals surface area contributed by atoms with Gasteiger partial charge in [-0.05, 0) is 32.9 Å². The van der Waals surface area contributed by atoms with Gasteiger partial charge in [0, 0.05) is 0 Å². The van der Waals surface area contributed by atoms with Crippen LogP contribution in [0.2, 0.25) is 0 Å². The maximum absolute atomic E-state index is 8.63. The SMILES string of the molecule is C=CC.C=CC.C=CC.Oc1ccccc1. The first-order valence-electron chi connectivity index (χ1n) is 5.09. The van der Waals surface area contributed by atoms with E-state index in [1.165, 1.54) is 0 Å². The predicted octanol–water partition coefficient (Wildman–Crippen LogP) is 4.97. The Kier molecular flexibility index (Phi) is 28.7. The van der Waals surface area contributed by atoms with Crippen LogP contribution in [0, 0.1) is 0 Å². The number of aromatic hydroxyl groups is 1. The van der Waals surface area contributed by atoms with Crippen molar-refractivity contribution in [2.24, 2.45) is 0 Å². The van der Waals surface area contributed by atoms with Crippen LogP contribution < -0.4 is 0 Å². The van der Waals surface area contributed by atoms with Crippen molar-refractivity contribution in [1.82, 2.24) is 0 Å². The van der Waals surface area contributed by atoms with Gasteiger partial charge in [-0.3, -0.25) is 0 Å². The van der Waals surface area contributed by atoms with E-state index in [0.29, 0.717) is 5.75 Å². The smallest absolute Gasteiger partial charge is 0.115 e. The van der Waals surface area contributed by atoms with Crippen LogP contribution in [0.3, 0.4) is 0 Å². The van der Waals surface area contributed by atoms with E-state index in [9.17, 15) is 0 Å². The summed E-state index contributed by atoms with van der Waals surface area (Å²) < 4.78 is 0. The fraction of sp³-hybridized carbons (Fsp3) is 0.200. The minimum Gasteiger partial charge on any atom is -0.508 e. The topological polar surface area (TPSA) is 20.2 Å². The van der Waals surface area contributed by atoms with E-state index in [-0.39, 0.29) is 0 Å². The summed E-state index contributed by atoms with van der Waals surface area (Å²) in [5.74, 6) is 0.322. The van der Waals surface area contributed by atoms with Crippen molar-refractivity contribution < 1.29 is 5.11 Å². The lowest BCUT2D eigenvalue weighted by molar-refractivity contribution is 0.475. The van der Waals surface area contributed by atoms with E-state index in [2.05, 4.69) is 19.7 Å². The number of hydrogen-bond acceptors (Lipinski definition) is 1. The van der Waals surface area contributed by atoms with Crippen LogP contribution in [0.1, 0.15) is 20.8 Å². The third-order valence-corrected chi connectivity index (χ3v) is 0.756. The Morgan fingerprint density at radius 2 is 1.06 bits per heavy atom. The number of allylic oxidation sites excluding steroid dienone is 3. The molecule has 0 aliphatic carbocycles. The molecule has 0 fully saturated rings. The molecule has 1 aromatic carbocycles. The number of para-hydroxylation sites is 1. The summed E-state index contributed by atoms with van der Waals surface area (Å²) in [7, 11) is 0. The van der Waals surface area contributed by atoms with Crippen molar-refractivity contribution in [2.75, 3.05) is 0 Å². The van der Waals surface area contributed by atoms with Crippen LogP contribution in [0.5, 0.6) is 5.75 Å². The molecule has 1 rings (SSSR count). The van der Waals surface area contributed by atoms with E-state index in [1.54, 1.807) is 42.5 Å². The van der Waals surface area contributed by atoms with Gasteiger partial charge in [0.1, 0.15) is 5.75 Å². The molecule has 0 amide bonds. The monoisotopic (exact) mass is 220 g/mol. The van der Waals surface area contributed by atoms with Crippen LogP contribution in [-0.4, -0.2) is 5.11 Å². The van der Waals surface area contributed by atoms with Crippen molar-refractivity contribution in [3.05, 3.63) is 68.3 Å². The minimum absolute atomic E-state index is 0.322. The first kappa shape index (κ1) is 19.8. The third-order valence-electron chi connectivity index (χ3n) is 0.756. The Bertz CT molecular complexity index is 223. The first-order valence-corrected chi connectivity index (χ1v) is 5.09. The van der Waals surface area contributed by atoms with E-state index >= 15 is 0 Å². The summed E-state index contributed by atoms with van der Waals surface area (Å²) in [4.78, 5) is 0. The lowest BCUT2D eigenvalue weighted by atomic mass is 10.3. The minimum atomic E-state index is 0.322. The van der Waals surface area contributed by atoms with Crippen molar-refractivity contribution in [3.63, 3.8) is 0 Å². The van der Waals surface area contributed by atoms with Gasteiger partial charge in [0.25, 0.3) is 0 Å². The highest BCUT2D eigenvalue weighted by atomic mass is 16.3. The van der Waals surface area contributed by atoms with Gasteiger partial charge < -0.3 is 5.11 Å². The summed E-state index contributed by atoms with van der Waals surface area (Å²) >= 11 is 0. The third kappa shape index (κ3) is 39.7. The van der Waals surface area contributed by atoms with Gasteiger partial charge in [-0.2, -0.15) is 0 Å². The average molecular weight is 220 g/mol. The van der Waals surface area contributed by atoms with Gasteiger partial charge in [0.2, 0.25) is 0 Å². The number of hydrogen-bond donors (Lipinski definition) is 1. The van der Waals surface area contributed by atoms with Crippen molar-refractivity contribution in [2.45, 2.75) is 20.8 Å². The highest BCUT2D eigenvalue weighted by Gasteiger charge is 1.74. The second-order valence-corrected chi connectivity index (χ2v) is 2.56. The average Bonchev–Trinajstić information content (AvgIpc) is 2.22. The number of phenolic OH excluding ortho intramolecular Hbond substituents is 1. The molecule has 0 heterocycles. The van der Waals surface area contributed by atoms with E-state index in [0.717, 1.165) is 0 Å². The molecule has 0 aliphatic heterocycles. The van der Waals surface area contributed by atoms with Gasteiger partial charge in [-0.1, -0.05) is 36.4 Å². The Balaban J connectivity index is -0.000000161. The normalized spacial score (nSPS) is 6.19. The first-order chi connectivity index (χ1) is 7.64. The quantitative estimate of drug-likeness (QED) is 0.612. The molecule has 1 aromatic rings. The Morgan fingerprint density at radius 1 is 0.812 bits per heavy atom. The number of benzene rings is 1. The fourth-order valence-corrected chi connectivity index (χ4v) is 0.428. The van der Waals surface area contributed by atoms with Crippen molar-refractivity contribution in [3.8, 4) is 5.75 Å². The molecule has 0 bridgehead atoms. The van der Waals surface area contributed by atoms with E-state index in [4.69, 9.17) is 5.11 Å². The highest BCUT2D eigenvalue weighted by molar-refractivity contribution is 5.18. The van der Waals surface area contributed by atoms with Gasteiger partial charge in [-0.15, -0.1) is 19.7 Å². The van der Waals surface area contributed by atoms with Crippen molar-refractivity contribution >= 4 is 0 Å². The van der Waals surface area contributed by atoms with Crippen LogP contribution in [0.15, 0.2) is 68.3 Å². The molecule has 0 aromatic heterocycles. The molecule has 0 atom stereocenters. The zero-order chi connectivity index (χ0) is 13.2. The lowest BCUT2D eigenvalue weighted by Crippen LogP contribution is -1.56. The zero-order valence-electron chi connectivity index (χ0n) is 10.7. The zero-order valence-corrected chi connectivity index (χ0v) is 10.7. The largest absolute Gasteiger partial charge is 0.508 e. The molecule has 0 spiro atoms. The lowest BCUT2D eigenvalue weighted by Gasteiger charge is -1.82. The molecule has 0 saturated carbocycles. The molecule has 1 N–H and O–H groups in total. The molecule has 16 heavy (non-hydrogen) atoms. The van der Waals surface area contributed by atoms with Crippen molar-refractivity contribution in [1.29, 1.82) is 0 Å². The molecular weight excluding hydrogens is 196 g/mol. The highest BCUT2D eigenvalue weighted by Crippen LogP contribution is 2.02. The standard InChI is InChI=1S/C6H6O.3C3H6/c7-6-4-2-1-3-5-6;3*1-3-2/h1-5,7H;3*3H,1H2,2H3. The molecule has 0 unspecified atom stereocenters. The molecule has 1 nitrogen and oxygen atoms in total. The summed E-state index contributed by atoms with van der Waals surface area (Å²) in [6, 6.07) is 8.71. The van der Waals surface area contributed by atoms with Crippen LogP contribution in [-0.2, 0) is 0 Å². The van der Waals surface area contributed by atoms with Gasteiger partial charge in [-0.25, -0.2) is 0 Å². The molecule has 0 aliphatic rings. The summed E-state index contributed by atoms with van der Waals surface area (Å²) in [5.41, 5.74) is 0. The molecule has 0 radical (unpaired) electrons. The van der Waals surface area contributed by atoms with Crippen LogP contribution in [0.4, 0.5) is 0 Å². The molecule has 1 heteroatoms.